The van der Waals surface area contributed by atoms with Gasteiger partial charge in [-0.05, 0) is 24.6 Å². The maximum absolute atomic E-state index is 11.7. The maximum Gasteiger partial charge on any atom is 0.287 e. The van der Waals surface area contributed by atoms with Crippen LogP contribution in [0.2, 0.25) is 0 Å². The van der Waals surface area contributed by atoms with E-state index in [4.69, 9.17) is 9.15 Å². The molecule has 3 heterocycles. The Morgan fingerprint density at radius 1 is 1.17 bits per heavy atom. The van der Waals surface area contributed by atoms with Crippen LogP contribution in [0.5, 0.6) is 5.88 Å². The van der Waals surface area contributed by atoms with Crippen LogP contribution < -0.4 is 10.1 Å². The predicted molar refractivity (Wildman–Crippen MR) is 109 cm³/mol. The molecule has 7 nitrogen and oxygen atoms in total. The van der Waals surface area contributed by atoms with Crippen molar-refractivity contribution >= 4 is 22.1 Å². The fourth-order valence-electron chi connectivity index (χ4n) is 3.00. The predicted octanol–water partition coefficient (Wildman–Crippen LogP) is 3.56. The van der Waals surface area contributed by atoms with Crippen LogP contribution in [0, 0.1) is 6.92 Å². The number of rotatable bonds is 7. The molecule has 2 aromatic heterocycles. The second-order valence-corrected chi connectivity index (χ2v) is 7.58. The smallest absolute Gasteiger partial charge is 0.287 e. The Hall–Kier alpha value is -3.13. The lowest BCUT2D eigenvalue weighted by Crippen LogP contribution is -2.30. The molecule has 1 fully saturated rings. The third-order valence-electron chi connectivity index (χ3n) is 4.51. The molecule has 1 aliphatic rings. The number of nitrogens with one attached hydrogen (secondary N) is 1. The molecule has 1 unspecified atom stereocenters. The summed E-state index contributed by atoms with van der Waals surface area (Å²) in [6.45, 7) is 2.31. The number of amides is 1. The normalized spacial score (nSPS) is 16.1. The number of hydrogen-bond acceptors (Lipinski definition) is 7. The van der Waals surface area contributed by atoms with Crippen molar-refractivity contribution in [1.29, 1.82) is 0 Å². The number of benzene rings is 1. The van der Waals surface area contributed by atoms with Crippen molar-refractivity contribution in [2.45, 2.75) is 25.8 Å². The first-order valence-corrected chi connectivity index (χ1v) is 10.0. The van der Waals surface area contributed by atoms with E-state index >= 15 is 0 Å². The Morgan fingerprint density at radius 3 is 2.69 bits per heavy atom. The summed E-state index contributed by atoms with van der Waals surface area (Å²) < 4.78 is 11.5. The van der Waals surface area contributed by atoms with E-state index in [9.17, 15) is 9.59 Å². The van der Waals surface area contributed by atoms with Crippen molar-refractivity contribution in [2.75, 3.05) is 6.61 Å². The molecule has 0 bridgehead atoms. The van der Waals surface area contributed by atoms with Crippen LogP contribution in [0.4, 0.5) is 4.79 Å². The first kappa shape index (κ1) is 19.2. The average Bonchev–Trinajstić information content (AvgIpc) is 3.25. The van der Waals surface area contributed by atoms with Gasteiger partial charge in [0.1, 0.15) is 11.8 Å². The first-order valence-electron chi connectivity index (χ1n) is 9.20. The van der Waals surface area contributed by atoms with Crippen LogP contribution in [0.1, 0.15) is 17.0 Å². The van der Waals surface area contributed by atoms with E-state index in [1.807, 2.05) is 43.3 Å². The lowest BCUT2D eigenvalue weighted by molar-refractivity contribution is -0.112. The molecule has 29 heavy (non-hydrogen) atoms. The number of nitrogens with zero attached hydrogens (tertiary/aromatic N) is 2. The topological polar surface area (TPSA) is 94.3 Å². The number of oxazole rings is 1. The Morgan fingerprint density at radius 2 is 2.00 bits per heavy atom. The fourth-order valence-corrected chi connectivity index (χ4v) is 3.67. The van der Waals surface area contributed by atoms with Crippen molar-refractivity contribution in [3.05, 3.63) is 65.7 Å². The van der Waals surface area contributed by atoms with Crippen molar-refractivity contribution < 1.29 is 18.7 Å². The Bertz CT molecular complexity index is 1020. The van der Waals surface area contributed by atoms with Crippen LogP contribution in [0.15, 0.2) is 53.1 Å². The summed E-state index contributed by atoms with van der Waals surface area (Å²) in [5, 5.41) is 2.18. The van der Waals surface area contributed by atoms with Crippen molar-refractivity contribution in [2.24, 2.45) is 0 Å². The monoisotopic (exact) mass is 409 g/mol. The van der Waals surface area contributed by atoms with Gasteiger partial charge in [-0.15, -0.1) is 0 Å². The molecular weight excluding hydrogens is 390 g/mol. The standard InChI is InChI=1S/C21H19N3O4S/c1-13-16(23-19(28-13)15-5-3-2-4-6-15)9-10-27-18-8-7-14(12-22-18)11-17-20(25)29-21(26)24-17/h2-8,12,17H,9-11H2,1H3,(H,24,26). The van der Waals surface area contributed by atoms with Crippen LogP contribution in [0.3, 0.4) is 0 Å². The number of hydrogen-bond donors (Lipinski definition) is 1. The SMILES string of the molecule is Cc1oc(-c2ccccc2)nc1CCOc1ccc(CC2NC(=O)SC2=O)cn1. The zero-order valence-electron chi connectivity index (χ0n) is 15.8. The molecular formula is C21H19N3O4S. The number of ether oxygens (including phenoxy) is 1. The van der Waals surface area contributed by atoms with Gasteiger partial charge in [0, 0.05) is 42.4 Å². The fraction of sp³-hybridized carbons (Fsp3) is 0.238. The molecule has 0 radical (unpaired) electrons. The van der Waals surface area contributed by atoms with E-state index in [-0.39, 0.29) is 10.4 Å². The van der Waals surface area contributed by atoms with E-state index in [0.29, 0.717) is 43.0 Å². The highest BCUT2D eigenvalue weighted by Crippen LogP contribution is 2.22. The molecule has 0 saturated carbocycles. The van der Waals surface area contributed by atoms with Gasteiger partial charge in [0.15, 0.2) is 0 Å². The highest BCUT2D eigenvalue weighted by atomic mass is 32.2. The largest absolute Gasteiger partial charge is 0.477 e. The number of carbonyl (C=O) groups excluding carboxylic acids is 2. The van der Waals surface area contributed by atoms with E-state index in [0.717, 1.165) is 22.6 Å². The average molecular weight is 409 g/mol. The number of carbonyl (C=O) groups is 2. The molecule has 1 atom stereocenters. The highest BCUT2D eigenvalue weighted by Gasteiger charge is 2.31. The molecule has 1 aromatic carbocycles. The Labute approximate surface area is 171 Å². The van der Waals surface area contributed by atoms with Crippen LogP contribution in [-0.2, 0) is 17.6 Å². The van der Waals surface area contributed by atoms with Gasteiger partial charge in [-0.3, -0.25) is 9.59 Å². The summed E-state index contributed by atoms with van der Waals surface area (Å²) >= 11 is 0.714. The van der Waals surface area contributed by atoms with Crippen molar-refractivity contribution in [1.82, 2.24) is 15.3 Å². The molecule has 1 saturated heterocycles. The summed E-state index contributed by atoms with van der Waals surface area (Å²) in [5.74, 6) is 1.87. The summed E-state index contributed by atoms with van der Waals surface area (Å²) in [6, 6.07) is 12.9. The van der Waals surface area contributed by atoms with Crippen LogP contribution in [0.25, 0.3) is 11.5 Å². The molecule has 1 aliphatic heterocycles. The van der Waals surface area contributed by atoms with Crippen LogP contribution in [-0.4, -0.2) is 33.0 Å². The molecule has 0 spiro atoms. The summed E-state index contributed by atoms with van der Waals surface area (Å²) in [4.78, 5) is 31.7. The van der Waals surface area contributed by atoms with Gasteiger partial charge in [0.25, 0.3) is 5.24 Å². The molecule has 1 N–H and O–H groups in total. The molecule has 8 heteroatoms. The minimum absolute atomic E-state index is 0.159. The molecule has 1 amide bonds. The van der Waals surface area contributed by atoms with Gasteiger partial charge in [-0.25, -0.2) is 9.97 Å². The molecule has 148 valence electrons. The van der Waals surface area contributed by atoms with E-state index in [1.54, 1.807) is 12.3 Å². The van der Waals surface area contributed by atoms with Gasteiger partial charge in [0.2, 0.25) is 16.9 Å². The third kappa shape index (κ3) is 4.65. The minimum Gasteiger partial charge on any atom is -0.477 e. The third-order valence-corrected chi connectivity index (χ3v) is 5.30. The second kappa shape index (κ2) is 8.48. The molecule has 0 aliphatic carbocycles. The maximum atomic E-state index is 11.7. The lowest BCUT2D eigenvalue weighted by atomic mass is 10.1. The Balaban J connectivity index is 1.30. The van der Waals surface area contributed by atoms with Crippen molar-refractivity contribution in [3.8, 4) is 17.3 Å². The van der Waals surface area contributed by atoms with Crippen LogP contribution >= 0.6 is 11.8 Å². The zero-order valence-corrected chi connectivity index (χ0v) is 16.6. The van der Waals surface area contributed by atoms with Gasteiger partial charge < -0.3 is 14.5 Å². The zero-order chi connectivity index (χ0) is 20.2. The molecule has 3 aromatic rings. The summed E-state index contributed by atoms with van der Waals surface area (Å²) in [6.07, 6.45) is 2.68. The summed E-state index contributed by atoms with van der Waals surface area (Å²) in [7, 11) is 0. The minimum atomic E-state index is -0.491. The van der Waals surface area contributed by atoms with E-state index < -0.39 is 6.04 Å². The second-order valence-electron chi connectivity index (χ2n) is 6.60. The van der Waals surface area contributed by atoms with Gasteiger partial charge >= 0.3 is 0 Å². The summed E-state index contributed by atoms with van der Waals surface area (Å²) in [5.41, 5.74) is 2.65. The number of aryl methyl sites for hydroxylation is 1. The lowest BCUT2D eigenvalue weighted by Gasteiger charge is -2.08. The number of pyridine rings is 1. The highest BCUT2D eigenvalue weighted by molar-refractivity contribution is 8.26. The quantitative estimate of drug-likeness (QED) is 0.637. The number of thioether (sulfide) groups is 1. The Kier molecular flexibility index (Phi) is 5.62. The first-order chi connectivity index (χ1) is 14.1. The van der Waals surface area contributed by atoms with E-state index in [1.165, 1.54) is 0 Å². The van der Waals surface area contributed by atoms with Gasteiger partial charge in [-0.1, -0.05) is 24.3 Å². The van der Waals surface area contributed by atoms with Crippen molar-refractivity contribution in [3.63, 3.8) is 0 Å². The number of aromatic nitrogens is 2. The van der Waals surface area contributed by atoms with Gasteiger partial charge in [0.05, 0.1) is 12.3 Å². The molecule has 4 rings (SSSR count). The van der Waals surface area contributed by atoms with E-state index in [2.05, 4.69) is 15.3 Å². The van der Waals surface area contributed by atoms with Gasteiger partial charge in [-0.2, -0.15) is 0 Å².